The zero-order chi connectivity index (χ0) is 40.1. The number of fused-ring (bicyclic) bond motifs is 4. The first-order valence-electron chi connectivity index (χ1n) is 20.7. The molecule has 8 aromatic carbocycles. The van der Waals surface area contributed by atoms with E-state index in [0.717, 1.165) is 38.6 Å². The van der Waals surface area contributed by atoms with Crippen molar-refractivity contribution in [1.29, 1.82) is 0 Å². The number of hydrogen-bond acceptors (Lipinski definition) is 3. The molecule has 60 heavy (non-hydrogen) atoms. The molecule has 2 unspecified atom stereocenters. The van der Waals surface area contributed by atoms with E-state index < -0.39 is 5.41 Å². The molecular formula is C57H41N3. The van der Waals surface area contributed by atoms with Crippen molar-refractivity contribution in [1.82, 2.24) is 15.0 Å². The van der Waals surface area contributed by atoms with Gasteiger partial charge in [0.1, 0.15) is 0 Å². The maximum atomic E-state index is 5.34. The molecule has 0 N–H and O–H groups in total. The smallest absolute Gasteiger partial charge is 0.164 e. The van der Waals surface area contributed by atoms with E-state index in [4.69, 9.17) is 15.0 Å². The van der Waals surface area contributed by atoms with E-state index in [9.17, 15) is 0 Å². The number of rotatable bonds is 7. The largest absolute Gasteiger partial charge is 0.208 e. The van der Waals surface area contributed by atoms with Gasteiger partial charge >= 0.3 is 0 Å². The fourth-order valence-corrected chi connectivity index (χ4v) is 10.1. The molecule has 2 aliphatic carbocycles. The molecule has 0 radical (unpaired) electrons. The molecule has 1 heterocycles. The second-order valence-electron chi connectivity index (χ2n) is 16.2. The minimum absolute atomic E-state index is 0.181. The highest BCUT2D eigenvalue weighted by Gasteiger charge is 2.60. The molecule has 3 heteroatoms. The molecule has 0 amide bonds. The highest BCUT2D eigenvalue weighted by molar-refractivity contribution is 5.97. The van der Waals surface area contributed by atoms with Crippen molar-refractivity contribution < 1.29 is 0 Å². The Morgan fingerprint density at radius 2 is 0.917 bits per heavy atom. The van der Waals surface area contributed by atoms with Crippen LogP contribution in [-0.4, -0.2) is 15.0 Å². The summed E-state index contributed by atoms with van der Waals surface area (Å²) in [6, 6.07) is 71.7. The zero-order valence-electron chi connectivity index (χ0n) is 33.3. The molecular weight excluding hydrogens is 727 g/mol. The average molecular weight is 768 g/mol. The third-order valence-electron chi connectivity index (χ3n) is 12.8. The Kier molecular flexibility index (Phi) is 8.56. The van der Waals surface area contributed by atoms with Gasteiger partial charge in [-0.15, -0.1) is 0 Å². The van der Waals surface area contributed by atoms with Crippen LogP contribution < -0.4 is 0 Å². The molecule has 0 spiro atoms. The fraction of sp³-hybridized carbons (Fsp3) is 0.0702. The summed E-state index contributed by atoms with van der Waals surface area (Å²) >= 11 is 0. The summed E-state index contributed by atoms with van der Waals surface area (Å²) < 4.78 is 0. The second-order valence-corrected chi connectivity index (χ2v) is 16.2. The molecule has 0 aliphatic heterocycles. The van der Waals surface area contributed by atoms with Gasteiger partial charge in [0.25, 0.3) is 0 Å². The van der Waals surface area contributed by atoms with Gasteiger partial charge in [-0.2, -0.15) is 0 Å². The molecule has 3 nitrogen and oxygen atoms in total. The fourth-order valence-electron chi connectivity index (χ4n) is 10.1. The Balaban J connectivity index is 1.12. The van der Waals surface area contributed by atoms with Crippen LogP contribution in [0.5, 0.6) is 0 Å². The van der Waals surface area contributed by atoms with Gasteiger partial charge < -0.3 is 0 Å². The minimum Gasteiger partial charge on any atom is -0.208 e. The van der Waals surface area contributed by atoms with Crippen LogP contribution in [0.2, 0.25) is 0 Å². The lowest BCUT2D eigenvalue weighted by atomic mass is 9.54. The van der Waals surface area contributed by atoms with Crippen molar-refractivity contribution in [3.63, 3.8) is 0 Å². The van der Waals surface area contributed by atoms with Crippen LogP contribution in [0.25, 0.3) is 67.2 Å². The first kappa shape index (κ1) is 35.7. The first-order chi connectivity index (χ1) is 29.6. The highest BCUT2D eigenvalue weighted by Crippen LogP contribution is 2.67. The molecule has 0 saturated heterocycles. The molecule has 1 aromatic heterocycles. The van der Waals surface area contributed by atoms with Crippen molar-refractivity contribution in [2.24, 2.45) is 5.41 Å². The van der Waals surface area contributed by atoms with Crippen LogP contribution in [0, 0.1) is 5.41 Å². The van der Waals surface area contributed by atoms with E-state index >= 15 is 0 Å². The summed E-state index contributed by atoms with van der Waals surface area (Å²) in [4.78, 5) is 15.8. The van der Waals surface area contributed by atoms with E-state index in [2.05, 4.69) is 213 Å². The monoisotopic (exact) mass is 767 g/mol. The maximum Gasteiger partial charge on any atom is 0.164 e. The number of nitrogens with zero attached hydrogens (tertiary/aromatic N) is 3. The predicted octanol–water partition coefficient (Wildman–Crippen LogP) is 13.9. The SMILES string of the molecule is CC12C=CC=CC1c1cc3cccc(-c4nc(-c5ccccc5)nc(-c5cccc(-c6cccc(-c7ccccc7)c6)c5)n4)c3cc1C2(c1ccccc1)c1ccccc1. The Labute approximate surface area is 351 Å². The van der Waals surface area contributed by atoms with E-state index in [1.807, 2.05) is 18.2 Å². The lowest BCUT2D eigenvalue weighted by Gasteiger charge is -2.47. The van der Waals surface area contributed by atoms with Crippen molar-refractivity contribution in [2.75, 3.05) is 0 Å². The van der Waals surface area contributed by atoms with E-state index in [1.165, 1.54) is 33.4 Å². The van der Waals surface area contributed by atoms with Crippen LogP contribution in [0.3, 0.4) is 0 Å². The first-order valence-corrected chi connectivity index (χ1v) is 20.7. The van der Waals surface area contributed by atoms with E-state index in [0.29, 0.717) is 17.5 Å². The van der Waals surface area contributed by atoms with Gasteiger partial charge in [-0.1, -0.05) is 213 Å². The zero-order valence-corrected chi connectivity index (χ0v) is 33.3. The Morgan fingerprint density at radius 3 is 1.57 bits per heavy atom. The van der Waals surface area contributed by atoms with Crippen molar-refractivity contribution in [3.8, 4) is 56.4 Å². The lowest BCUT2D eigenvalue weighted by molar-refractivity contribution is 0.289. The summed E-state index contributed by atoms with van der Waals surface area (Å²) in [6.45, 7) is 2.44. The van der Waals surface area contributed by atoms with E-state index in [1.54, 1.807) is 0 Å². The van der Waals surface area contributed by atoms with Gasteiger partial charge in [0.05, 0.1) is 5.41 Å². The van der Waals surface area contributed by atoms with Crippen LogP contribution in [0.15, 0.2) is 224 Å². The molecule has 9 aromatic rings. The van der Waals surface area contributed by atoms with Crippen LogP contribution in [0.1, 0.15) is 35.1 Å². The quantitative estimate of drug-likeness (QED) is 0.162. The van der Waals surface area contributed by atoms with Gasteiger partial charge in [0.2, 0.25) is 0 Å². The standard InChI is InChI=1S/C57H41N3/c1-56-34-15-14-33-51(56)50-37-44-26-18-32-48(49(44)38-52(50)57(56,46-28-10-4-11-29-46)47-30-12-5-13-31-47)55-59-53(40-21-8-3-9-22-40)58-54(60-55)45-27-17-25-43(36-45)42-24-16-23-41(35-42)39-19-6-2-7-20-39/h2-38,51H,1H3. The predicted molar refractivity (Wildman–Crippen MR) is 246 cm³/mol. The molecule has 2 aliphatic rings. The molecule has 0 saturated carbocycles. The van der Waals surface area contributed by atoms with Crippen molar-refractivity contribution in [2.45, 2.75) is 18.3 Å². The number of allylic oxidation sites excluding steroid dienone is 4. The summed E-state index contributed by atoms with van der Waals surface area (Å²) in [5.74, 6) is 2.10. The summed E-state index contributed by atoms with van der Waals surface area (Å²) in [6.07, 6.45) is 9.30. The number of hydrogen-bond donors (Lipinski definition) is 0. The summed E-state index contributed by atoms with van der Waals surface area (Å²) in [5, 5.41) is 2.28. The average Bonchev–Trinajstić information content (AvgIpc) is 3.55. The summed E-state index contributed by atoms with van der Waals surface area (Å²) in [5.41, 5.74) is 12.0. The molecule has 2 atom stereocenters. The van der Waals surface area contributed by atoms with Gasteiger partial charge in [0, 0.05) is 28.0 Å². The molecule has 0 bridgehead atoms. The molecule has 0 fully saturated rings. The minimum atomic E-state index is -0.463. The molecule has 284 valence electrons. The number of benzene rings is 8. The van der Waals surface area contributed by atoms with Gasteiger partial charge in [0.15, 0.2) is 17.5 Å². The van der Waals surface area contributed by atoms with E-state index in [-0.39, 0.29) is 11.3 Å². The van der Waals surface area contributed by atoms with Crippen LogP contribution in [-0.2, 0) is 5.41 Å². The summed E-state index contributed by atoms with van der Waals surface area (Å²) in [7, 11) is 0. The lowest BCUT2D eigenvalue weighted by Crippen LogP contribution is -2.43. The van der Waals surface area contributed by atoms with Crippen LogP contribution >= 0.6 is 0 Å². The Morgan fingerprint density at radius 1 is 0.417 bits per heavy atom. The van der Waals surface area contributed by atoms with Crippen molar-refractivity contribution >= 4 is 10.8 Å². The third kappa shape index (κ3) is 5.69. The topological polar surface area (TPSA) is 38.7 Å². The Hall–Kier alpha value is -7.49. The highest BCUT2D eigenvalue weighted by atomic mass is 15.0. The van der Waals surface area contributed by atoms with Gasteiger partial charge in [-0.3, -0.25) is 0 Å². The van der Waals surface area contributed by atoms with Gasteiger partial charge in [-0.25, -0.2) is 15.0 Å². The second kappa shape index (κ2) is 14.4. The van der Waals surface area contributed by atoms with Crippen LogP contribution in [0.4, 0.5) is 0 Å². The molecule has 11 rings (SSSR count). The van der Waals surface area contributed by atoms with Crippen molar-refractivity contribution in [3.05, 3.63) is 247 Å². The number of aromatic nitrogens is 3. The maximum absolute atomic E-state index is 5.34. The normalized spacial score (nSPS) is 17.3. The van der Waals surface area contributed by atoms with Gasteiger partial charge in [-0.05, 0) is 73.5 Å². The third-order valence-corrected chi connectivity index (χ3v) is 12.8. The Bertz CT molecular complexity index is 3060.